The van der Waals surface area contributed by atoms with Crippen LogP contribution in [-0.2, 0) is 4.79 Å². The van der Waals surface area contributed by atoms with Crippen LogP contribution in [0.25, 0.3) is 0 Å². The SMILES string of the molecule is CC(NC(=O)N1CCC(C(C)(C)C)C1)C(=O)O. The lowest BCUT2D eigenvalue weighted by Gasteiger charge is -2.27. The predicted octanol–water partition coefficient (Wildman–Crippen LogP) is 1.54. The maximum atomic E-state index is 11.8. The molecule has 0 saturated carbocycles. The lowest BCUT2D eigenvalue weighted by atomic mass is 9.80. The molecule has 2 amide bonds. The van der Waals surface area contributed by atoms with E-state index in [-0.39, 0.29) is 11.4 Å². The highest BCUT2D eigenvalue weighted by molar-refractivity contribution is 5.82. The van der Waals surface area contributed by atoms with Crippen LogP contribution in [0.2, 0.25) is 0 Å². The molecule has 0 aromatic rings. The maximum absolute atomic E-state index is 11.8. The van der Waals surface area contributed by atoms with Gasteiger partial charge in [-0.25, -0.2) is 4.79 Å². The zero-order chi connectivity index (χ0) is 13.2. The Morgan fingerprint density at radius 1 is 1.41 bits per heavy atom. The highest BCUT2D eigenvalue weighted by atomic mass is 16.4. The number of amides is 2. The first-order chi connectivity index (χ1) is 7.71. The summed E-state index contributed by atoms with van der Waals surface area (Å²) in [7, 11) is 0. The molecule has 2 unspecified atom stereocenters. The number of nitrogens with zero attached hydrogens (tertiary/aromatic N) is 1. The first-order valence-corrected chi connectivity index (χ1v) is 6.00. The highest BCUT2D eigenvalue weighted by Gasteiger charge is 2.34. The van der Waals surface area contributed by atoms with E-state index in [1.165, 1.54) is 6.92 Å². The number of carbonyl (C=O) groups excluding carboxylic acids is 1. The van der Waals surface area contributed by atoms with Crippen LogP contribution >= 0.6 is 0 Å². The van der Waals surface area contributed by atoms with Crippen molar-refractivity contribution in [1.82, 2.24) is 10.2 Å². The summed E-state index contributed by atoms with van der Waals surface area (Å²) in [6.07, 6.45) is 0.984. The van der Waals surface area contributed by atoms with Crippen molar-refractivity contribution in [3.63, 3.8) is 0 Å². The van der Waals surface area contributed by atoms with Crippen LogP contribution in [0, 0.1) is 11.3 Å². The molecule has 0 aromatic heterocycles. The Morgan fingerprint density at radius 3 is 2.41 bits per heavy atom. The van der Waals surface area contributed by atoms with Crippen molar-refractivity contribution < 1.29 is 14.7 Å². The summed E-state index contributed by atoms with van der Waals surface area (Å²) in [5.74, 6) is -0.529. The van der Waals surface area contributed by atoms with Gasteiger partial charge >= 0.3 is 12.0 Å². The van der Waals surface area contributed by atoms with Gasteiger partial charge < -0.3 is 15.3 Å². The monoisotopic (exact) mass is 242 g/mol. The van der Waals surface area contributed by atoms with Gasteiger partial charge in [0.05, 0.1) is 0 Å². The van der Waals surface area contributed by atoms with Crippen molar-refractivity contribution in [2.45, 2.75) is 40.2 Å². The molecule has 5 nitrogen and oxygen atoms in total. The Hall–Kier alpha value is -1.26. The number of carboxylic acid groups (broad SMARTS) is 1. The summed E-state index contributed by atoms with van der Waals surface area (Å²) < 4.78 is 0. The van der Waals surface area contributed by atoms with Gasteiger partial charge in [-0.3, -0.25) is 4.79 Å². The molecule has 2 atom stereocenters. The predicted molar refractivity (Wildman–Crippen MR) is 64.8 cm³/mol. The van der Waals surface area contributed by atoms with Gasteiger partial charge in [0.25, 0.3) is 0 Å². The third-order valence-electron chi connectivity index (χ3n) is 3.41. The molecule has 0 bridgehead atoms. The van der Waals surface area contributed by atoms with E-state index in [9.17, 15) is 9.59 Å². The zero-order valence-electron chi connectivity index (χ0n) is 11.0. The van der Waals surface area contributed by atoms with E-state index < -0.39 is 12.0 Å². The van der Waals surface area contributed by atoms with Crippen LogP contribution < -0.4 is 5.32 Å². The summed E-state index contributed by atoms with van der Waals surface area (Å²) in [4.78, 5) is 24.1. The number of aliphatic carboxylic acids is 1. The number of carboxylic acids is 1. The van der Waals surface area contributed by atoms with Gasteiger partial charge in [0, 0.05) is 13.1 Å². The molecular formula is C12H22N2O3. The van der Waals surface area contributed by atoms with Gasteiger partial charge in [-0.2, -0.15) is 0 Å². The number of likely N-dealkylation sites (tertiary alicyclic amines) is 1. The molecule has 0 aromatic carbocycles. The normalized spacial score (nSPS) is 22.4. The van der Waals surface area contributed by atoms with Crippen molar-refractivity contribution >= 4 is 12.0 Å². The lowest BCUT2D eigenvalue weighted by Crippen LogP contribution is -2.46. The number of hydrogen-bond donors (Lipinski definition) is 2. The minimum Gasteiger partial charge on any atom is -0.480 e. The molecule has 1 aliphatic rings. The van der Waals surface area contributed by atoms with E-state index in [0.29, 0.717) is 19.0 Å². The Balaban J connectivity index is 2.49. The average molecular weight is 242 g/mol. The molecular weight excluding hydrogens is 220 g/mol. The second kappa shape index (κ2) is 4.94. The van der Waals surface area contributed by atoms with E-state index in [4.69, 9.17) is 5.11 Å². The van der Waals surface area contributed by atoms with Gasteiger partial charge in [0.1, 0.15) is 6.04 Å². The second-order valence-electron chi connectivity index (χ2n) is 5.81. The standard InChI is InChI=1S/C12H22N2O3/c1-8(10(15)16)13-11(17)14-6-5-9(7-14)12(2,3)4/h8-9H,5-7H2,1-4H3,(H,13,17)(H,15,16). The van der Waals surface area contributed by atoms with Crippen LogP contribution in [0.5, 0.6) is 0 Å². The molecule has 5 heteroatoms. The fourth-order valence-corrected chi connectivity index (χ4v) is 1.99. The Labute approximate surface area is 102 Å². The van der Waals surface area contributed by atoms with E-state index in [2.05, 4.69) is 26.1 Å². The molecule has 1 heterocycles. The van der Waals surface area contributed by atoms with Crippen LogP contribution in [0.1, 0.15) is 34.1 Å². The van der Waals surface area contributed by atoms with Gasteiger partial charge in [-0.15, -0.1) is 0 Å². The molecule has 1 aliphatic heterocycles. The molecule has 1 saturated heterocycles. The largest absolute Gasteiger partial charge is 0.480 e. The van der Waals surface area contributed by atoms with Crippen LogP contribution in [-0.4, -0.2) is 41.1 Å². The molecule has 1 rings (SSSR count). The third-order valence-corrected chi connectivity index (χ3v) is 3.41. The first-order valence-electron chi connectivity index (χ1n) is 6.00. The van der Waals surface area contributed by atoms with Crippen LogP contribution in [0.15, 0.2) is 0 Å². The van der Waals surface area contributed by atoms with Crippen LogP contribution in [0.4, 0.5) is 4.79 Å². The summed E-state index contributed by atoms with van der Waals surface area (Å²) in [6, 6.07) is -1.11. The van der Waals surface area contributed by atoms with Gasteiger partial charge in [-0.1, -0.05) is 20.8 Å². The van der Waals surface area contributed by atoms with Gasteiger partial charge in [0.2, 0.25) is 0 Å². The van der Waals surface area contributed by atoms with Crippen molar-refractivity contribution in [3.05, 3.63) is 0 Å². The van der Waals surface area contributed by atoms with E-state index in [1.807, 2.05) is 0 Å². The molecule has 17 heavy (non-hydrogen) atoms. The molecule has 0 radical (unpaired) electrons. The van der Waals surface area contributed by atoms with Crippen molar-refractivity contribution in [2.75, 3.05) is 13.1 Å². The number of carbonyl (C=O) groups is 2. The summed E-state index contributed by atoms with van der Waals surface area (Å²) in [5, 5.41) is 11.2. The summed E-state index contributed by atoms with van der Waals surface area (Å²) in [5.41, 5.74) is 0.188. The van der Waals surface area contributed by atoms with Crippen LogP contribution in [0.3, 0.4) is 0 Å². The topological polar surface area (TPSA) is 69.6 Å². The smallest absolute Gasteiger partial charge is 0.325 e. The number of hydrogen-bond acceptors (Lipinski definition) is 2. The van der Waals surface area contributed by atoms with E-state index in [0.717, 1.165) is 6.42 Å². The Morgan fingerprint density at radius 2 is 2.00 bits per heavy atom. The minimum absolute atomic E-state index is 0.188. The quantitative estimate of drug-likeness (QED) is 0.771. The lowest BCUT2D eigenvalue weighted by molar-refractivity contribution is -0.138. The molecule has 2 N–H and O–H groups in total. The molecule has 1 fully saturated rings. The van der Waals surface area contributed by atoms with Crippen molar-refractivity contribution in [2.24, 2.45) is 11.3 Å². The Bertz CT molecular complexity index is 309. The first kappa shape index (κ1) is 13.8. The van der Waals surface area contributed by atoms with Crippen molar-refractivity contribution in [1.29, 1.82) is 0 Å². The third kappa shape index (κ3) is 3.61. The number of nitrogens with one attached hydrogen (secondary N) is 1. The second-order valence-corrected chi connectivity index (χ2v) is 5.81. The fourth-order valence-electron chi connectivity index (χ4n) is 1.99. The number of urea groups is 1. The maximum Gasteiger partial charge on any atom is 0.325 e. The van der Waals surface area contributed by atoms with E-state index >= 15 is 0 Å². The average Bonchev–Trinajstić information content (AvgIpc) is 2.65. The van der Waals surface area contributed by atoms with Gasteiger partial charge in [0.15, 0.2) is 0 Å². The van der Waals surface area contributed by atoms with Crippen molar-refractivity contribution in [3.8, 4) is 0 Å². The summed E-state index contributed by atoms with van der Waals surface area (Å²) >= 11 is 0. The molecule has 98 valence electrons. The number of rotatable bonds is 2. The zero-order valence-corrected chi connectivity index (χ0v) is 11.0. The molecule has 0 aliphatic carbocycles. The highest BCUT2D eigenvalue weighted by Crippen LogP contribution is 2.33. The van der Waals surface area contributed by atoms with Gasteiger partial charge in [-0.05, 0) is 24.7 Å². The van der Waals surface area contributed by atoms with E-state index in [1.54, 1.807) is 4.90 Å². The minimum atomic E-state index is -1.01. The molecule has 0 spiro atoms. The fraction of sp³-hybridized carbons (Fsp3) is 0.833. The Kier molecular flexibility index (Phi) is 4.01. The summed E-state index contributed by atoms with van der Waals surface area (Å²) in [6.45, 7) is 9.39.